The van der Waals surface area contributed by atoms with Gasteiger partial charge in [0.2, 0.25) is 11.3 Å². The van der Waals surface area contributed by atoms with Crippen LogP contribution in [0, 0.1) is 0 Å². The molecule has 4 rings (SSSR count). The number of esters is 1. The lowest BCUT2D eigenvalue weighted by Crippen LogP contribution is -2.30. The molecule has 198 valence electrons. The molecule has 2 N–H and O–H groups in total. The summed E-state index contributed by atoms with van der Waals surface area (Å²) in [6.07, 6.45) is -0.759. The normalized spacial score (nSPS) is 14.5. The highest BCUT2D eigenvalue weighted by molar-refractivity contribution is 7.14. The van der Waals surface area contributed by atoms with E-state index in [2.05, 4.69) is 15.5 Å². The molecule has 0 aliphatic heterocycles. The molecule has 0 saturated heterocycles. The van der Waals surface area contributed by atoms with Crippen LogP contribution in [0.4, 0.5) is 9.93 Å². The van der Waals surface area contributed by atoms with Crippen LogP contribution in [0.15, 0.2) is 71.2 Å². The third-order valence-corrected chi connectivity index (χ3v) is 6.13. The summed E-state index contributed by atoms with van der Waals surface area (Å²) in [6.45, 7) is 5.15. The van der Waals surface area contributed by atoms with E-state index in [1.165, 1.54) is 5.38 Å². The molecule has 10 nitrogen and oxygen atoms in total. The number of anilines is 1. The number of carboxylic acid groups (broad SMARTS) is 1. The van der Waals surface area contributed by atoms with Crippen LogP contribution < -0.4 is 5.32 Å². The fourth-order valence-corrected chi connectivity index (χ4v) is 4.08. The second-order valence-corrected chi connectivity index (χ2v) is 10.5. The highest BCUT2D eigenvalue weighted by atomic mass is 32.1. The zero-order valence-electron chi connectivity index (χ0n) is 21.0. The van der Waals surface area contributed by atoms with Crippen molar-refractivity contribution in [3.63, 3.8) is 0 Å². The number of oxime groups is 1. The lowest BCUT2D eigenvalue weighted by molar-refractivity contribution is -0.164. The maximum atomic E-state index is 13.2. The molecule has 0 radical (unpaired) electrons. The van der Waals surface area contributed by atoms with E-state index in [1.807, 2.05) is 60.7 Å². The minimum atomic E-state index is -1.41. The first kappa shape index (κ1) is 26.8. The molecule has 1 saturated carbocycles. The number of ether oxygens (including phenoxy) is 2. The molecule has 1 fully saturated rings. The first-order chi connectivity index (χ1) is 18.1. The molecule has 1 heterocycles. The molecule has 1 amide bonds. The van der Waals surface area contributed by atoms with Crippen LogP contribution in [0.3, 0.4) is 0 Å². The van der Waals surface area contributed by atoms with Gasteiger partial charge in [-0.3, -0.25) is 5.32 Å². The fraction of sp³-hybridized carbons (Fsp3) is 0.296. The zero-order chi connectivity index (χ0) is 27.3. The molecular weight excluding hydrogens is 510 g/mol. The monoisotopic (exact) mass is 537 g/mol. The van der Waals surface area contributed by atoms with Crippen LogP contribution in [-0.2, 0) is 23.9 Å². The third kappa shape index (κ3) is 6.74. The smallest absolute Gasteiger partial charge is 0.413 e. The standard InChI is InChI=1S/C27H27N3O7S/c1-26(2,3)36-25(34)29-24-28-19(16-38-24)20(22(31)32)30-37-27(14-15-27)23(33)35-21(17-10-6-4-7-11-17)18-12-8-5-9-13-18/h4-13,16,21H,14-15H2,1-3H3,(H,31,32)(H,28,29,34). The predicted molar refractivity (Wildman–Crippen MR) is 140 cm³/mol. The van der Waals surface area contributed by atoms with Crippen LogP contribution in [0.25, 0.3) is 0 Å². The molecule has 0 atom stereocenters. The molecule has 0 spiro atoms. The van der Waals surface area contributed by atoms with Gasteiger partial charge in [-0.1, -0.05) is 65.8 Å². The number of carboxylic acids is 1. The number of thiazole rings is 1. The lowest BCUT2D eigenvalue weighted by Gasteiger charge is -2.21. The zero-order valence-corrected chi connectivity index (χ0v) is 21.9. The Labute approximate surface area is 223 Å². The second-order valence-electron chi connectivity index (χ2n) is 9.60. The molecule has 1 aliphatic rings. The number of carbonyl (C=O) groups is 3. The minimum absolute atomic E-state index is 0.0378. The van der Waals surface area contributed by atoms with Crippen molar-refractivity contribution >= 4 is 40.2 Å². The maximum Gasteiger partial charge on any atom is 0.413 e. The Kier molecular flexibility index (Phi) is 7.77. The molecule has 1 aromatic heterocycles. The van der Waals surface area contributed by atoms with Crippen molar-refractivity contribution in [3.05, 3.63) is 82.9 Å². The van der Waals surface area contributed by atoms with Crippen molar-refractivity contribution in [1.82, 2.24) is 4.98 Å². The summed E-state index contributed by atoms with van der Waals surface area (Å²) in [5, 5.41) is 17.4. The second kappa shape index (κ2) is 11.0. The van der Waals surface area contributed by atoms with Crippen molar-refractivity contribution < 1.29 is 33.8 Å². The van der Waals surface area contributed by atoms with E-state index in [9.17, 15) is 19.5 Å². The molecule has 11 heteroatoms. The van der Waals surface area contributed by atoms with Crippen molar-refractivity contribution in [3.8, 4) is 0 Å². The molecule has 0 unspecified atom stereocenters. The predicted octanol–water partition coefficient (Wildman–Crippen LogP) is 5.16. The van der Waals surface area contributed by atoms with Gasteiger partial charge in [0.05, 0.1) is 0 Å². The summed E-state index contributed by atoms with van der Waals surface area (Å²) in [5.74, 6) is -2.05. The summed E-state index contributed by atoms with van der Waals surface area (Å²) >= 11 is 0.994. The van der Waals surface area contributed by atoms with Gasteiger partial charge >= 0.3 is 18.0 Å². The first-order valence-electron chi connectivity index (χ1n) is 11.8. The van der Waals surface area contributed by atoms with Crippen LogP contribution in [0.2, 0.25) is 0 Å². The van der Waals surface area contributed by atoms with Crippen LogP contribution in [0.5, 0.6) is 0 Å². The number of nitrogens with zero attached hydrogens (tertiary/aromatic N) is 2. The SMILES string of the molecule is CC(C)(C)OC(=O)Nc1nc(C(=NOC2(C(=O)OC(c3ccccc3)c3ccccc3)CC2)C(=O)O)cs1. The molecular formula is C27H27N3O7S. The van der Waals surface area contributed by atoms with Gasteiger partial charge in [-0.05, 0) is 31.9 Å². The largest absolute Gasteiger partial charge is 0.476 e. The Balaban J connectivity index is 1.49. The van der Waals surface area contributed by atoms with Gasteiger partial charge in [0.25, 0.3) is 0 Å². The van der Waals surface area contributed by atoms with Gasteiger partial charge in [-0.15, -0.1) is 11.3 Å². The number of nitrogens with one attached hydrogen (secondary N) is 1. The third-order valence-electron chi connectivity index (χ3n) is 5.37. The number of aliphatic carboxylic acids is 1. The van der Waals surface area contributed by atoms with E-state index in [0.717, 1.165) is 22.5 Å². The Bertz CT molecular complexity index is 1290. The van der Waals surface area contributed by atoms with Gasteiger partial charge in [0, 0.05) is 18.2 Å². The van der Waals surface area contributed by atoms with Crippen LogP contribution in [0.1, 0.15) is 56.5 Å². The molecule has 2 aromatic carbocycles. The minimum Gasteiger partial charge on any atom is -0.476 e. The van der Waals surface area contributed by atoms with Gasteiger partial charge in [0.15, 0.2) is 11.2 Å². The molecule has 3 aromatic rings. The maximum absolute atomic E-state index is 13.2. The summed E-state index contributed by atoms with van der Waals surface area (Å²) < 4.78 is 11.1. The van der Waals surface area contributed by atoms with Crippen LogP contribution >= 0.6 is 11.3 Å². The molecule has 1 aliphatic carbocycles. The summed E-state index contributed by atoms with van der Waals surface area (Å²) in [7, 11) is 0. The highest BCUT2D eigenvalue weighted by Gasteiger charge is 2.56. The summed E-state index contributed by atoms with van der Waals surface area (Å²) in [6, 6.07) is 18.6. The van der Waals surface area contributed by atoms with E-state index in [0.29, 0.717) is 12.8 Å². The fourth-order valence-electron chi connectivity index (χ4n) is 3.40. The number of rotatable bonds is 9. The Morgan fingerprint density at radius 3 is 2.11 bits per heavy atom. The average molecular weight is 538 g/mol. The van der Waals surface area contributed by atoms with Crippen molar-refractivity contribution in [2.24, 2.45) is 5.16 Å². The van der Waals surface area contributed by atoms with Crippen molar-refractivity contribution in [1.29, 1.82) is 0 Å². The van der Waals surface area contributed by atoms with Gasteiger partial charge < -0.3 is 19.4 Å². The number of hydrogen-bond acceptors (Lipinski definition) is 9. The summed E-state index contributed by atoms with van der Waals surface area (Å²) in [4.78, 5) is 46.7. The summed E-state index contributed by atoms with van der Waals surface area (Å²) in [5.41, 5.74) is -1.09. The molecule has 0 bridgehead atoms. The van der Waals surface area contributed by atoms with E-state index in [4.69, 9.17) is 14.3 Å². The Morgan fingerprint density at radius 1 is 1.03 bits per heavy atom. The van der Waals surface area contributed by atoms with Gasteiger partial charge in [-0.25, -0.2) is 19.4 Å². The quantitative estimate of drug-likeness (QED) is 0.217. The highest BCUT2D eigenvalue weighted by Crippen LogP contribution is 2.43. The van der Waals surface area contributed by atoms with Gasteiger partial charge in [0.1, 0.15) is 11.3 Å². The lowest BCUT2D eigenvalue weighted by atomic mass is 10.0. The van der Waals surface area contributed by atoms with Gasteiger partial charge in [-0.2, -0.15) is 0 Å². The van der Waals surface area contributed by atoms with E-state index in [1.54, 1.807) is 20.8 Å². The number of hydrogen-bond donors (Lipinski definition) is 2. The average Bonchev–Trinajstić information content (AvgIpc) is 3.53. The van der Waals surface area contributed by atoms with E-state index in [-0.39, 0.29) is 10.8 Å². The van der Waals surface area contributed by atoms with E-state index < -0.39 is 41.0 Å². The Morgan fingerprint density at radius 2 is 1.61 bits per heavy atom. The van der Waals surface area contributed by atoms with Crippen LogP contribution in [-0.4, -0.2) is 45.0 Å². The Hall–Kier alpha value is -4.25. The first-order valence-corrected chi connectivity index (χ1v) is 12.7. The van der Waals surface area contributed by atoms with Crippen molar-refractivity contribution in [2.75, 3.05) is 5.32 Å². The van der Waals surface area contributed by atoms with E-state index >= 15 is 0 Å². The number of amides is 1. The topological polar surface area (TPSA) is 136 Å². The number of benzene rings is 2. The van der Waals surface area contributed by atoms with Crippen molar-refractivity contribution in [2.45, 2.75) is 50.9 Å². The number of carbonyl (C=O) groups excluding carboxylic acids is 2. The number of aromatic nitrogens is 1. The molecule has 38 heavy (non-hydrogen) atoms.